The van der Waals surface area contributed by atoms with Crippen molar-refractivity contribution >= 4 is 10.0 Å². The van der Waals surface area contributed by atoms with Gasteiger partial charge in [-0.25, -0.2) is 13.4 Å². The Morgan fingerprint density at radius 1 is 1.42 bits per heavy atom. The Bertz CT molecular complexity index is 576. The van der Waals surface area contributed by atoms with Crippen LogP contribution >= 0.6 is 0 Å². The van der Waals surface area contributed by atoms with E-state index < -0.39 is 10.0 Å². The molecule has 0 fully saturated rings. The smallest absolute Gasteiger partial charge is 0.244 e. The molecule has 0 amide bonds. The Labute approximate surface area is 114 Å². The lowest BCUT2D eigenvalue weighted by Crippen LogP contribution is -2.36. The van der Waals surface area contributed by atoms with Crippen LogP contribution in [0.2, 0.25) is 0 Å². The van der Waals surface area contributed by atoms with Gasteiger partial charge in [0.15, 0.2) is 5.69 Å². The fraction of sp³-hybridized carbons (Fsp3) is 0.538. The maximum Gasteiger partial charge on any atom is 0.245 e. The van der Waals surface area contributed by atoms with Gasteiger partial charge in [-0.15, -0.1) is 0 Å². The lowest BCUT2D eigenvalue weighted by atomic mass is 10.1. The summed E-state index contributed by atoms with van der Waals surface area (Å²) in [5.41, 5.74) is -0.0638. The van der Waals surface area contributed by atoms with E-state index in [4.69, 9.17) is 5.26 Å². The normalized spacial score (nSPS) is 13.5. The third-order valence-electron chi connectivity index (χ3n) is 2.97. The number of hydrogen-bond donors (Lipinski definition) is 0. The van der Waals surface area contributed by atoms with E-state index in [1.54, 1.807) is 0 Å². The van der Waals surface area contributed by atoms with Crippen LogP contribution in [0.4, 0.5) is 0 Å². The summed E-state index contributed by atoms with van der Waals surface area (Å²) in [7, 11) is -2.14. The van der Waals surface area contributed by atoms with Gasteiger partial charge in [-0.1, -0.05) is 13.8 Å². The number of pyridine rings is 1. The van der Waals surface area contributed by atoms with Crippen molar-refractivity contribution in [2.45, 2.75) is 38.1 Å². The van der Waals surface area contributed by atoms with E-state index in [1.807, 2.05) is 26.8 Å². The lowest BCUT2D eigenvalue weighted by molar-refractivity contribution is 0.337. The summed E-state index contributed by atoms with van der Waals surface area (Å²) in [5, 5.41) is 8.95. The van der Waals surface area contributed by atoms with E-state index in [0.29, 0.717) is 5.92 Å². The SMILES string of the molecule is CC(C)CC(C)N(C)S(=O)(=O)c1cccnc1C#N. The second-order valence-corrected chi connectivity index (χ2v) is 6.93. The van der Waals surface area contributed by atoms with Crippen molar-refractivity contribution in [2.75, 3.05) is 7.05 Å². The molecule has 19 heavy (non-hydrogen) atoms. The van der Waals surface area contributed by atoms with E-state index in [9.17, 15) is 8.42 Å². The van der Waals surface area contributed by atoms with E-state index in [-0.39, 0.29) is 16.6 Å². The fourth-order valence-corrected chi connectivity index (χ4v) is 3.37. The average molecular weight is 281 g/mol. The molecule has 6 heteroatoms. The Hall–Kier alpha value is -1.45. The molecule has 0 N–H and O–H groups in total. The standard InChI is InChI=1S/C13H19N3O2S/c1-10(2)8-11(3)16(4)19(17,18)13-6-5-7-15-12(13)9-14/h5-7,10-11H,8H2,1-4H3. The zero-order valence-electron chi connectivity index (χ0n) is 11.7. The maximum atomic E-state index is 12.5. The summed E-state index contributed by atoms with van der Waals surface area (Å²) in [4.78, 5) is 3.77. The molecule has 0 spiro atoms. The topological polar surface area (TPSA) is 74.1 Å². The summed E-state index contributed by atoms with van der Waals surface area (Å²) in [6, 6.07) is 4.63. The van der Waals surface area contributed by atoms with Crippen LogP contribution in [0.25, 0.3) is 0 Å². The largest absolute Gasteiger partial charge is 0.245 e. The van der Waals surface area contributed by atoms with Gasteiger partial charge in [0.2, 0.25) is 10.0 Å². The van der Waals surface area contributed by atoms with Gasteiger partial charge < -0.3 is 0 Å². The van der Waals surface area contributed by atoms with Crippen LogP contribution < -0.4 is 0 Å². The first kappa shape index (κ1) is 15.6. The molecule has 1 aromatic rings. The third-order valence-corrected chi connectivity index (χ3v) is 4.97. The van der Waals surface area contributed by atoms with Crippen molar-refractivity contribution in [3.63, 3.8) is 0 Å². The molecule has 0 saturated heterocycles. The van der Waals surface area contributed by atoms with Crippen molar-refractivity contribution in [1.29, 1.82) is 5.26 Å². The zero-order chi connectivity index (χ0) is 14.6. The number of nitriles is 1. The fourth-order valence-electron chi connectivity index (χ4n) is 1.91. The molecule has 1 heterocycles. The van der Waals surface area contributed by atoms with Crippen molar-refractivity contribution < 1.29 is 8.42 Å². The molecule has 1 aromatic heterocycles. The molecule has 0 radical (unpaired) electrons. The molecule has 104 valence electrons. The van der Waals surface area contributed by atoms with E-state index in [2.05, 4.69) is 4.98 Å². The molecule has 0 aliphatic heterocycles. The minimum Gasteiger partial charge on any atom is -0.244 e. The highest BCUT2D eigenvalue weighted by Gasteiger charge is 2.28. The maximum absolute atomic E-state index is 12.5. The van der Waals surface area contributed by atoms with Crippen molar-refractivity contribution in [3.8, 4) is 6.07 Å². The number of nitrogens with zero attached hydrogens (tertiary/aromatic N) is 3. The minimum absolute atomic E-state index is 0.0318. The van der Waals surface area contributed by atoms with Crippen molar-refractivity contribution in [1.82, 2.24) is 9.29 Å². The molecule has 0 aliphatic rings. The van der Waals surface area contributed by atoms with E-state index >= 15 is 0 Å². The second kappa shape index (κ2) is 6.13. The van der Waals surface area contributed by atoms with Crippen molar-refractivity contribution in [3.05, 3.63) is 24.0 Å². The molecule has 0 aliphatic carbocycles. The van der Waals surface area contributed by atoms with Gasteiger partial charge in [-0.2, -0.15) is 9.57 Å². The highest BCUT2D eigenvalue weighted by atomic mass is 32.2. The average Bonchev–Trinajstić information content (AvgIpc) is 2.36. The quantitative estimate of drug-likeness (QED) is 0.827. The first-order chi connectivity index (χ1) is 8.80. The Balaban J connectivity index is 3.14. The second-order valence-electron chi connectivity index (χ2n) is 4.96. The zero-order valence-corrected chi connectivity index (χ0v) is 12.5. The molecule has 1 atom stereocenters. The Morgan fingerprint density at radius 2 is 2.05 bits per heavy atom. The molecular weight excluding hydrogens is 262 g/mol. The monoisotopic (exact) mass is 281 g/mol. The van der Waals surface area contributed by atoms with E-state index in [1.165, 1.54) is 29.7 Å². The van der Waals surface area contributed by atoms with Crippen LogP contribution in [-0.2, 0) is 10.0 Å². The van der Waals surface area contributed by atoms with Gasteiger partial charge >= 0.3 is 0 Å². The highest BCUT2D eigenvalue weighted by molar-refractivity contribution is 7.89. The summed E-state index contributed by atoms with van der Waals surface area (Å²) < 4.78 is 26.2. The van der Waals surface area contributed by atoms with Gasteiger partial charge in [-0.05, 0) is 31.4 Å². The predicted molar refractivity (Wildman–Crippen MR) is 72.8 cm³/mol. The van der Waals surface area contributed by atoms with Gasteiger partial charge in [0, 0.05) is 19.3 Å². The van der Waals surface area contributed by atoms with Crippen LogP contribution in [0.3, 0.4) is 0 Å². The summed E-state index contributed by atoms with van der Waals surface area (Å²) >= 11 is 0. The molecule has 0 saturated carbocycles. The first-order valence-corrected chi connectivity index (χ1v) is 7.57. The Kier molecular flexibility index (Phi) is 5.04. The predicted octanol–water partition coefficient (Wildman–Crippen LogP) is 2.01. The molecule has 5 nitrogen and oxygen atoms in total. The number of hydrogen-bond acceptors (Lipinski definition) is 4. The third kappa shape index (κ3) is 3.52. The molecule has 1 unspecified atom stereocenters. The van der Waals surface area contributed by atoms with Crippen molar-refractivity contribution in [2.24, 2.45) is 5.92 Å². The first-order valence-electron chi connectivity index (χ1n) is 6.13. The number of sulfonamides is 1. The van der Waals surface area contributed by atoms with Gasteiger partial charge in [-0.3, -0.25) is 0 Å². The molecular formula is C13H19N3O2S. The molecule has 0 bridgehead atoms. The summed E-state index contributed by atoms with van der Waals surface area (Å²) in [6.45, 7) is 5.95. The molecule has 1 rings (SSSR count). The van der Waals surface area contributed by atoms with Crippen LogP contribution in [0.5, 0.6) is 0 Å². The van der Waals surface area contributed by atoms with Crippen LogP contribution in [0.15, 0.2) is 23.2 Å². The minimum atomic E-state index is -3.68. The van der Waals surface area contributed by atoms with Crippen LogP contribution in [-0.4, -0.2) is 30.8 Å². The lowest BCUT2D eigenvalue weighted by Gasteiger charge is -2.25. The highest BCUT2D eigenvalue weighted by Crippen LogP contribution is 2.21. The van der Waals surface area contributed by atoms with Gasteiger partial charge in [0.05, 0.1) is 0 Å². The van der Waals surface area contributed by atoms with Crippen LogP contribution in [0.1, 0.15) is 32.9 Å². The number of aromatic nitrogens is 1. The Morgan fingerprint density at radius 3 is 2.58 bits per heavy atom. The van der Waals surface area contributed by atoms with Gasteiger partial charge in [0.25, 0.3) is 0 Å². The molecule has 0 aromatic carbocycles. The van der Waals surface area contributed by atoms with E-state index in [0.717, 1.165) is 6.42 Å². The number of rotatable bonds is 5. The summed E-state index contributed by atoms with van der Waals surface area (Å²) in [5.74, 6) is 0.400. The summed E-state index contributed by atoms with van der Waals surface area (Å²) in [6.07, 6.45) is 2.17. The van der Waals surface area contributed by atoms with Gasteiger partial charge in [0.1, 0.15) is 11.0 Å². The van der Waals surface area contributed by atoms with Crippen LogP contribution in [0, 0.1) is 17.2 Å².